The van der Waals surface area contributed by atoms with Crippen molar-refractivity contribution in [3.63, 3.8) is 0 Å². The molecular weight excluding hydrogens is 358 g/mol. The summed E-state index contributed by atoms with van der Waals surface area (Å²) in [5.41, 5.74) is 5.10. The quantitative estimate of drug-likeness (QED) is 0.368. The van der Waals surface area contributed by atoms with E-state index < -0.39 is 8.07 Å². The lowest BCUT2D eigenvalue weighted by atomic mass is 10.1. The molecule has 0 radical (unpaired) electrons. The van der Waals surface area contributed by atoms with Crippen LogP contribution in [0.1, 0.15) is 41.5 Å². The number of nitrogens with zero attached hydrogens (tertiary/aromatic N) is 3. The second-order valence-electron chi connectivity index (χ2n) is 7.65. The molecule has 0 atom stereocenters. The van der Waals surface area contributed by atoms with Gasteiger partial charge in [-0.25, -0.2) is 9.57 Å². The Hall–Kier alpha value is -1.94. The van der Waals surface area contributed by atoms with E-state index in [2.05, 4.69) is 87.4 Å². The van der Waals surface area contributed by atoms with Gasteiger partial charge in [0.05, 0.1) is 11.4 Å². The minimum Gasteiger partial charge on any atom is -0.372 e. The monoisotopic (exact) mass is 394 g/mol. The average Bonchev–Trinajstić information content (AvgIpc) is 2.74. The Morgan fingerprint density at radius 3 is 2.18 bits per heavy atom. The van der Waals surface area contributed by atoms with Gasteiger partial charge in [0.2, 0.25) is 0 Å². The van der Waals surface area contributed by atoms with Gasteiger partial charge in [-0.1, -0.05) is 25.9 Å². The van der Waals surface area contributed by atoms with Crippen molar-refractivity contribution in [2.24, 2.45) is 4.99 Å². The van der Waals surface area contributed by atoms with Gasteiger partial charge in [-0.3, -0.25) is 0 Å². The van der Waals surface area contributed by atoms with Crippen LogP contribution in [0.2, 0.25) is 12.1 Å². The van der Waals surface area contributed by atoms with Crippen molar-refractivity contribution in [3.05, 3.63) is 41.6 Å². The minimum absolute atomic E-state index is 1.04. The van der Waals surface area contributed by atoms with Gasteiger partial charge in [-0.2, -0.15) is 0 Å². The van der Waals surface area contributed by atoms with E-state index in [4.69, 9.17) is 4.99 Å². The van der Waals surface area contributed by atoms with E-state index in [0.29, 0.717) is 0 Å². The van der Waals surface area contributed by atoms with Gasteiger partial charge in [0, 0.05) is 30.9 Å². The van der Waals surface area contributed by atoms with Crippen LogP contribution in [0, 0.1) is 0 Å². The number of hydrogen-bond acceptors (Lipinski definition) is 2. The highest BCUT2D eigenvalue weighted by Crippen LogP contribution is 2.36. The van der Waals surface area contributed by atoms with Crippen molar-refractivity contribution in [2.45, 2.75) is 53.6 Å². The molecule has 1 aromatic rings. The Morgan fingerprint density at radius 2 is 1.61 bits per heavy atom. The van der Waals surface area contributed by atoms with Crippen LogP contribution < -0.4 is 10.1 Å². The van der Waals surface area contributed by atoms with Crippen molar-refractivity contribution >= 4 is 36.1 Å². The first-order valence-electron chi connectivity index (χ1n) is 11.1. The number of rotatable bonds is 7. The van der Waals surface area contributed by atoms with E-state index in [9.17, 15) is 0 Å². The number of anilines is 1. The zero-order chi connectivity index (χ0) is 20.3. The largest absolute Gasteiger partial charge is 0.372 e. The van der Waals surface area contributed by atoms with Gasteiger partial charge in [-0.15, -0.1) is 0 Å². The molecule has 1 aromatic carbocycles. The van der Waals surface area contributed by atoms with Crippen LogP contribution in [0.25, 0.3) is 0 Å². The predicted octanol–water partition coefficient (Wildman–Crippen LogP) is 4.84. The molecule has 0 N–H and O–H groups in total. The SMILES string of the molecule is CCN(CC)c1ccc2c(c1)[Si](CC)(CC)C1=CC(=[N+](CC)CC)C=CC1=N2. The van der Waals surface area contributed by atoms with Gasteiger partial charge in [-0.05, 0) is 62.4 Å². The topological polar surface area (TPSA) is 18.6 Å². The van der Waals surface area contributed by atoms with E-state index >= 15 is 0 Å². The third-order valence-corrected chi connectivity index (χ3v) is 12.0. The van der Waals surface area contributed by atoms with E-state index in [1.165, 1.54) is 45.3 Å². The average molecular weight is 395 g/mol. The van der Waals surface area contributed by atoms with Crippen LogP contribution in [0.4, 0.5) is 11.4 Å². The Bertz CT molecular complexity index is 847. The van der Waals surface area contributed by atoms with Crippen LogP contribution in [0.15, 0.2) is 46.6 Å². The highest BCUT2D eigenvalue weighted by atomic mass is 28.3. The maximum absolute atomic E-state index is 5.10. The molecule has 0 bridgehead atoms. The molecule has 0 amide bonds. The maximum Gasteiger partial charge on any atom is 0.199 e. The summed E-state index contributed by atoms with van der Waals surface area (Å²) < 4.78 is 2.45. The zero-order valence-electron chi connectivity index (χ0n) is 18.5. The summed E-state index contributed by atoms with van der Waals surface area (Å²) in [5, 5.41) is 3.07. The fourth-order valence-corrected chi connectivity index (χ4v) is 9.29. The second kappa shape index (κ2) is 8.60. The lowest BCUT2D eigenvalue weighted by Gasteiger charge is -2.38. The fraction of sp³-hybridized carbons (Fsp3) is 0.500. The molecule has 1 heterocycles. The zero-order valence-corrected chi connectivity index (χ0v) is 19.5. The van der Waals surface area contributed by atoms with E-state index in [0.717, 1.165) is 26.2 Å². The van der Waals surface area contributed by atoms with Gasteiger partial charge in [0.1, 0.15) is 21.2 Å². The summed E-state index contributed by atoms with van der Waals surface area (Å²) in [7, 11) is -1.82. The third-order valence-electron chi connectivity index (χ3n) is 6.70. The highest BCUT2D eigenvalue weighted by Gasteiger charge is 2.43. The maximum atomic E-state index is 5.10. The molecule has 0 spiro atoms. The Balaban J connectivity index is 2.23. The van der Waals surface area contributed by atoms with Crippen molar-refractivity contribution in [2.75, 3.05) is 31.1 Å². The van der Waals surface area contributed by atoms with Crippen LogP contribution in [0.3, 0.4) is 0 Å². The second-order valence-corrected chi connectivity index (χ2v) is 12.3. The summed E-state index contributed by atoms with van der Waals surface area (Å²) in [4.78, 5) is 7.55. The van der Waals surface area contributed by atoms with E-state index in [1.54, 1.807) is 0 Å². The molecule has 0 aromatic heterocycles. The third kappa shape index (κ3) is 3.32. The van der Waals surface area contributed by atoms with Crippen LogP contribution >= 0.6 is 0 Å². The van der Waals surface area contributed by atoms with Gasteiger partial charge in [0.25, 0.3) is 0 Å². The fourth-order valence-electron chi connectivity index (χ4n) is 4.87. The molecule has 28 heavy (non-hydrogen) atoms. The van der Waals surface area contributed by atoms with Gasteiger partial charge < -0.3 is 4.90 Å². The van der Waals surface area contributed by atoms with Crippen molar-refractivity contribution in [3.8, 4) is 0 Å². The number of hydrogen-bond donors (Lipinski definition) is 0. The Labute approximate surface area is 172 Å². The number of allylic oxidation sites excluding steroid dienone is 4. The smallest absolute Gasteiger partial charge is 0.199 e. The molecule has 3 rings (SSSR count). The number of benzene rings is 1. The van der Waals surface area contributed by atoms with Crippen LogP contribution in [0.5, 0.6) is 0 Å². The molecule has 150 valence electrons. The molecule has 0 unspecified atom stereocenters. The molecule has 0 saturated heterocycles. The summed E-state index contributed by atoms with van der Waals surface area (Å²) >= 11 is 0. The van der Waals surface area contributed by atoms with Crippen molar-refractivity contribution in [1.29, 1.82) is 0 Å². The van der Waals surface area contributed by atoms with Crippen molar-refractivity contribution in [1.82, 2.24) is 0 Å². The van der Waals surface area contributed by atoms with Gasteiger partial charge >= 0.3 is 0 Å². The normalized spacial score (nSPS) is 16.9. The summed E-state index contributed by atoms with van der Waals surface area (Å²) in [6, 6.07) is 9.44. The first-order chi connectivity index (χ1) is 13.6. The highest BCUT2D eigenvalue weighted by molar-refractivity contribution is 7.02. The van der Waals surface area contributed by atoms with Crippen LogP contribution in [-0.2, 0) is 0 Å². The Kier molecular flexibility index (Phi) is 6.39. The first-order valence-corrected chi connectivity index (χ1v) is 13.5. The molecule has 3 nitrogen and oxygen atoms in total. The number of aliphatic imine (C=N–C) groups is 1. The predicted molar refractivity (Wildman–Crippen MR) is 127 cm³/mol. The lowest BCUT2D eigenvalue weighted by Crippen LogP contribution is -2.53. The van der Waals surface area contributed by atoms with Crippen LogP contribution in [-0.4, -0.2) is 50.3 Å². The van der Waals surface area contributed by atoms with Crippen molar-refractivity contribution < 1.29 is 4.58 Å². The molecule has 2 aliphatic rings. The summed E-state index contributed by atoms with van der Waals surface area (Å²) in [6.45, 7) is 17.9. The molecule has 0 saturated carbocycles. The standard InChI is InChI=1S/C24H36N3Si/c1-7-26(8-2)19-13-15-21-23(17-19)28(11-5,12-6)24-18-20(27(9-3)10-4)14-16-22(24)25-21/h13-18H,7-12H2,1-6H3/q+1. The molecular formula is C24H36N3Si+. The first kappa shape index (κ1) is 20.8. The molecule has 4 heteroatoms. The van der Waals surface area contributed by atoms with Gasteiger partial charge in [0.15, 0.2) is 5.71 Å². The van der Waals surface area contributed by atoms with E-state index in [-0.39, 0.29) is 0 Å². The van der Waals surface area contributed by atoms with E-state index in [1.807, 2.05) is 0 Å². The summed E-state index contributed by atoms with van der Waals surface area (Å²) in [5.74, 6) is 0. The molecule has 0 fully saturated rings. The number of fused-ring (bicyclic) bond motifs is 2. The summed E-state index contributed by atoms with van der Waals surface area (Å²) in [6.07, 6.45) is 6.99. The minimum atomic E-state index is -1.82. The molecule has 1 aliphatic heterocycles. The Morgan fingerprint density at radius 1 is 0.929 bits per heavy atom. The molecule has 1 aliphatic carbocycles. The lowest BCUT2D eigenvalue weighted by molar-refractivity contribution is -0.519.